The molecule has 0 saturated carbocycles. The van der Waals surface area contributed by atoms with Crippen LogP contribution in [0.3, 0.4) is 0 Å². The molecule has 0 aromatic carbocycles. The van der Waals surface area contributed by atoms with Crippen LogP contribution in [0.25, 0.3) is 0 Å². The zero-order valence-corrected chi connectivity index (χ0v) is 11.7. The molecule has 1 aliphatic carbocycles. The summed E-state index contributed by atoms with van der Waals surface area (Å²) in [6, 6.07) is 0. The van der Waals surface area contributed by atoms with Gasteiger partial charge >= 0.3 is 0 Å². The van der Waals surface area contributed by atoms with Crippen LogP contribution in [0.1, 0.15) is 26.6 Å². The second-order valence-corrected chi connectivity index (χ2v) is 6.47. The van der Waals surface area contributed by atoms with E-state index < -0.39 is 9.84 Å². The molecular weight excluding hydrogens is 276 g/mol. The van der Waals surface area contributed by atoms with Crippen LogP contribution in [-0.4, -0.2) is 25.5 Å². The lowest BCUT2D eigenvalue weighted by Gasteiger charge is -2.11. The first kappa shape index (κ1) is 16.4. The molecule has 5 nitrogen and oxygen atoms in total. The SMILES string of the molecule is C.COc1cnc(CS(=O)(=O)C2=CCC(C)C=C2)nc1. The van der Waals surface area contributed by atoms with E-state index in [0.29, 0.717) is 16.6 Å². The first-order valence-corrected chi connectivity index (χ1v) is 7.62. The van der Waals surface area contributed by atoms with Gasteiger partial charge in [-0.15, -0.1) is 0 Å². The zero-order chi connectivity index (χ0) is 13.9. The van der Waals surface area contributed by atoms with E-state index in [-0.39, 0.29) is 19.0 Å². The lowest BCUT2D eigenvalue weighted by Crippen LogP contribution is -2.11. The fourth-order valence-electron chi connectivity index (χ4n) is 1.71. The van der Waals surface area contributed by atoms with Crippen molar-refractivity contribution in [1.82, 2.24) is 9.97 Å². The van der Waals surface area contributed by atoms with Crippen LogP contribution in [0, 0.1) is 5.92 Å². The molecule has 110 valence electrons. The molecule has 0 spiro atoms. The Labute approximate surface area is 120 Å². The van der Waals surface area contributed by atoms with Gasteiger partial charge in [-0.1, -0.05) is 26.5 Å². The van der Waals surface area contributed by atoms with Crippen LogP contribution >= 0.6 is 0 Å². The number of nitrogens with zero attached hydrogens (tertiary/aromatic N) is 2. The Morgan fingerprint density at radius 3 is 2.50 bits per heavy atom. The van der Waals surface area contributed by atoms with Gasteiger partial charge in [0.15, 0.2) is 15.6 Å². The number of ether oxygens (including phenoxy) is 1. The minimum atomic E-state index is -3.37. The quantitative estimate of drug-likeness (QED) is 0.854. The fraction of sp³-hybridized carbons (Fsp3) is 0.429. The number of methoxy groups -OCH3 is 1. The van der Waals surface area contributed by atoms with E-state index in [9.17, 15) is 8.42 Å². The molecule has 0 fully saturated rings. The van der Waals surface area contributed by atoms with Gasteiger partial charge in [-0.3, -0.25) is 0 Å². The topological polar surface area (TPSA) is 69.2 Å². The summed E-state index contributed by atoms with van der Waals surface area (Å²) < 4.78 is 29.3. The van der Waals surface area contributed by atoms with E-state index in [1.807, 2.05) is 13.0 Å². The molecule has 20 heavy (non-hydrogen) atoms. The smallest absolute Gasteiger partial charge is 0.185 e. The Kier molecular flexibility index (Phi) is 5.44. The van der Waals surface area contributed by atoms with Crippen LogP contribution in [0.15, 0.2) is 35.5 Å². The van der Waals surface area contributed by atoms with Crippen LogP contribution < -0.4 is 4.74 Å². The molecule has 1 unspecified atom stereocenters. The van der Waals surface area contributed by atoms with Crippen LogP contribution in [0.5, 0.6) is 5.75 Å². The average molecular weight is 296 g/mol. The molecule has 1 heterocycles. The maximum Gasteiger partial charge on any atom is 0.185 e. The molecule has 0 N–H and O–H groups in total. The standard InChI is InChI=1S/C13H16N2O3S.CH4/c1-10-3-5-12(6-4-10)19(16,17)9-13-14-7-11(18-2)8-15-13;/h3,5-8,10H,4,9H2,1-2H3;1H4. The largest absolute Gasteiger partial charge is 0.494 e. The van der Waals surface area contributed by atoms with Gasteiger partial charge < -0.3 is 4.74 Å². The van der Waals surface area contributed by atoms with Crippen LogP contribution in [0.2, 0.25) is 0 Å². The number of sulfone groups is 1. The van der Waals surface area contributed by atoms with Gasteiger partial charge in [0.05, 0.1) is 24.4 Å². The highest BCUT2D eigenvalue weighted by molar-refractivity contribution is 7.94. The molecule has 0 aliphatic heterocycles. The maximum atomic E-state index is 12.2. The summed E-state index contributed by atoms with van der Waals surface area (Å²) in [7, 11) is -1.86. The van der Waals surface area contributed by atoms with Crippen molar-refractivity contribution in [3.05, 3.63) is 41.4 Å². The molecule has 1 atom stereocenters. The van der Waals surface area contributed by atoms with E-state index in [0.717, 1.165) is 6.42 Å². The van der Waals surface area contributed by atoms with Gasteiger partial charge in [0.1, 0.15) is 11.6 Å². The molecule has 0 amide bonds. The lowest BCUT2D eigenvalue weighted by molar-refractivity contribution is 0.410. The molecule has 1 aromatic rings. The number of hydrogen-bond acceptors (Lipinski definition) is 5. The third-order valence-electron chi connectivity index (χ3n) is 2.88. The third-order valence-corrected chi connectivity index (χ3v) is 4.53. The van der Waals surface area contributed by atoms with E-state index in [2.05, 4.69) is 9.97 Å². The summed E-state index contributed by atoms with van der Waals surface area (Å²) in [4.78, 5) is 8.31. The van der Waals surface area contributed by atoms with Crippen molar-refractivity contribution in [1.29, 1.82) is 0 Å². The van der Waals surface area contributed by atoms with Crippen molar-refractivity contribution in [2.75, 3.05) is 7.11 Å². The Hall–Kier alpha value is -1.69. The highest BCUT2D eigenvalue weighted by Crippen LogP contribution is 2.22. The number of hydrogen-bond donors (Lipinski definition) is 0. The lowest BCUT2D eigenvalue weighted by atomic mass is 10.0. The van der Waals surface area contributed by atoms with Gasteiger partial charge in [0.2, 0.25) is 0 Å². The first-order chi connectivity index (χ1) is 9.01. The van der Waals surface area contributed by atoms with E-state index in [4.69, 9.17) is 4.74 Å². The summed E-state index contributed by atoms with van der Waals surface area (Å²) in [5.74, 6) is 0.971. The van der Waals surface area contributed by atoms with Crippen molar-refractivity contribution in [2.24, 2.45) is 5.92 Å². The van der Waals surface area contributed by atoms with Gasteiger partial charge in [0, 0.05) is 0 Å². The van der Waals surface area contributed by atoms with Crippen molar-refractivity contribution >= 4 is 9.84 Å². The Bertz CT molecular complexity index is 604. The highest BCUT2D eigenvalue weighted by Gasteiger charge is 2.20. The molecule has 0 saturated heterocycles. The fourth-order valence-corrected chi connectivity index (χ4v) is 3.01. The highest BCUT2D eigenvalue weighted by atomic mass is 32.2. The molecular formula is C14H20N2O3S. The van der Waals surface area contributed by atoms with Crippen molar-refractivity contribution < 1.29 is 13.2 Å². The molecule has 2 rings (SSSR count). The molecule has 0 radical (unpaired) electrons. The summed E-state index contributed by atoms with van der Waals surface area (Å²) in [5.41, 5.74) is 0. The Morgan fingerprint density at radius 2 is 2.00 bits per heavy atom. The average Bonchev–Trinajstić information content (AvgIpc) is 2.40. The minimum absolute atomic E-state index is 0. The van der Waals surface area contributed by atoms with Crippen LogP contribution in [-0.2, 0) is 15.6 Å². The molecule has 1 aromatic heterocycles. The molecule has 1 aliphatic rings. The van der Waals surface area contributed by atoms with Gasteiger partial charge in [-0.25, -0.2) is 18.4 Å². The third kappa shape index (κ3) is 3.90. The second kappa shape index (κ2) is 6.65. The minimum Gasteiger partial charge on any atom is -0.494 e. The number of allylic oxidation sites excluding steroid dienone is 3. The summed E-state index contributed by atoms with van der Waals surface area (Å²) in [6.45, 7) is 2.04. The summed E-state index contributed by atoms with van der Waals surface area (Å²) >= 11 is 0. The summed E-state index contributed by atoms with van der Waals surface area (Å²) in [5, 5.41) is 0. The van der Waals surface area contributed by atoms with Crippen molar-refractivity contribution in [3.63, 3.8) is 0 Å². The Morgan fingerprint density at radius 1 is 1.35 bits per heavy atom. The van der Waals surface area contributed by atoms with Crippen LogP contribution in [0.4, 0.5) is 0 Å². The molecule has 6 heteroatoms. The van der Waals surface area contributed by atoms with E-state index in [1.54, 1.807) is 12.2 Å². The number of aromatic nitrogens is 2. The van der Waals surface area contributed by atoms with Gasteiger partial charge in [-0.2, -0.15) is 0 Å². The van der Waals surface area contributed by atoms with Gasteiger partial charge in [0.25, 0.3) is 0 Å². The zero-order valence-electron chi connectivity index (χ0n) is 10.9. The summed E-state index contributed by atoms with van der Waals surface area (Å²) in [6.07, 6.45) is 8.99. The number of rotatable bonds is 4. The predicted molar refractivity (Wildman–Crippen MR) is 78.9 cm³/mol. The molecule has 0 bridgehead atoms. The predicted octanol–water partition coefficient (Wildman–Crippen LogP) is 2.52. The van der Waals surface area contributed by atoms with E-state index >= 15 is 0 Å². The monoisotopic (exact) mass is 296 g/mol. The van der Waals surface area contributed by atoms with Gasteiger partial charge in [-0.05, 0) is 18.4 Å². The maximum absolute atomic E-state index is 12.2. The first-order valence-electron chi connectivity index (χ1n) is 5.97. The Balaban J connectivity index is 0.00000200. The van der Waals surface area contributed by atoms with Crippen molar-refractivity contribution in [3.8, 4) is 5.75 Å². The normalized spacial score (nSPS) is 18.1. The van der Waals surface area contributed by atoms with E-state index in [1.165, 1.54) is 19.5 Å². The second-order valence-electron chi connectivity index (χ2n) is 4.48. The van der Waals surface area contributed by atoms with Crippen molar-refractivity contribution in [2.45, 2.75) is 26.5 Å².